The summed E-state index contributed by atoms with van der Waals surface area (Å²) >= 11 is 0. The normalized spacial score (nSPS) is 22.9. The number of carbonyl (C=O) groups is 4. The summed E-state index contributed by atoms with van der Waals surface area (Å²) in [6.45, 7) is 15.4. The van der Waals surface area contributed by atoms with Crippen molar-refractivity contribution in [3.63, 3.8) is 0 Å². The Hall–Kier alpha value is -2.42. The highest BCUT2D eigenvalue weighted by atomic mass is 16.4. The van der Waals surface area contributed by atoms with Crippen LogP contribution in [0, 0.1) is 17.8 Å². The average Bonchev–Trinajstić information content (AvgIpc) is 2.88. The van der Waals surface area contributed by atoms with Crippen LogP contribution >= 0.6 is 0 Å². The first-order chi connectivity index (χ1) is 17.8. The molecule has 0 aromatic carbocycles. The number of amides is 3. The van der Waals surface area contributed by atoms with E-state index in [1.54, 1.807) is 23.8 Å². The van der Waals surface area contributed by atoms with Crippen LogP contribution in [0.2, 0.25) is 0 Å². The Bertz CT molecular complexity index is 884. The number of nitrogens with zero attached hydrogens (tertiary/aromatic N) is 3. The van der Waals surface area contributed by atoms with Crippen molar-refractivity contribution in [2.75, 3.05) is 26.7 Å². The third kappa shape index (κ3) is 8.04. The Morgan fingerprint density at radius 1 is 0.947 bits per heavy atom. The summed E-state index contributed by atoms with van der Waals surface area (Å²) in [6.07, 6.45) is 5.91. The number of carboxylic acids is 1. The zero-order valence-electron chi connectivity index (χ0n) is 24.7. The molecule has 2 fully saturated rings. The summed E-state index contributed by atoms with van der Waals surface area (Å²) in [7, 11) is 1.73. The topological polar surface area (TPSA) is 110 Å². The van der Waals surface area contributed by atoms with Crippen LogP contribution in [0.1, 0.15) is 80.6 Å². The van der Waals surface area contributed by atoms with Crippen molar-refractivity contribution in [2.45, 2.75) is 105 Å². The van der Waals surface area contributed by atoms with E-state index in [2.05, 4.69) is 24.1 Å². The van der Waals surface area contributed by atoms with Gasteiger partial charge in [-0.05, 0) is 64.8 Å². The van der Waals surface area contributed by atoms with Gasteiger partial charge in [-0.15, -0.1) is 0 Å². The van der Waals surface area contributed by atoms with E-state index in [0.717, 1.165) is 25.8 Å². The van der Waals surface area contributed by atoms with Gasteiger partial charge in [-0.1, -0.05) is 40.2 Å². The monoisotopic (exact) mass is 534 g/mol. The quantitative estimate of drug-likeness (QED) is 0.417. The standard InChI is InChI=1S/C29H50N4O5/c1-18(2)24(16-21(7)27(35)32-14-11-12-22(17-32)29(37)38)31(8)28(36)25(19(3)4)30-26(34)23-13-9-10-15-33(23)20(5)6/h16,18-20,22-25H,9-15,17H2,1-8H3,(H,30,34)(H,37,38)/t22?,23-,24?,25+/m1/s1. The number of carbonyl (C=O) groups excluding carboxylic acids is 3. The largest absolute Gasteiger partial charge is 0.481 e. The fourth-order valence-corrected chi connectivity index (χ4v) is 5.67. The van der Waals surface area contributed by atoms with Crippen molar-refractivity contribution >= 4 is 23.7 Å². The van der Waals surface area contributed by atoms with Gasteiger partial charge < -0.3 is 20.2 Å². The molecule has 2 heterocycles. The number of carboxylic acid groups (broad SMARTS) is 1. The summed E-state index contributed by atoms with van der Waals surface area (Å²) in [5, 5.41) is 12.4. The van der Waals surface area contributed by atoms with E-state index >= 15 is 0 Å². The van der Waals surface area contributed by atoms with E-state index in [9.17, 15) is 24.3 Å². The molecule has 9 nitrogen and oxygen atoms in total. The predicted octanol–water partition coefficient (Wildman–Crippen LogP) is 3.14. The van der Waals surface area contributed by atoms with Crippen molar-refractivity contribution in [3.05, 3.63) is 11.6 Å². The second-order valence-corrected chi connectivity index (χ2v) is 12.0. The van der Waals surface area contributed by atoms with Crippen LogP contribution in [-0.4, -0.2) is 94.3 Å². The zero-order valence-corrected chi connectivity index (χ0v) is 24.7. The third-order valence-electron chi connectivity index (χ3n) is 8.03. The highest BCUT2D eigenvalue weighted by Crippen LogP contribution is 2.23. The molecule has 2 saturated heterocycles. The van der Waals surface area contributed by atoms with E-state index in [0.29, 0.717) is 25.0 Å². The molecule has 2 aliphatic rings. The van der Waals surface area contributed by atoms with Crippen LogP contribution in [0.25, 0.3) is 0 Å². The van der Waals surface area contributed by atoms with Crippen molar-refractivity contribution in [3.8, 4) is 0 Å². The van der Waals surface area contributed by atoms with Crippen LogP contribution in [0.5, 0.6) is 0 Å². The lowest BCUT2D eigenvalue weighted by Crippen LogP contribution is -2.58. The first kappa shape index (κ1) is 31.8. The second kappa shape index (κ2) is 14.1. The molecule has 0 radical (unpaired) electrons. The van der Waals surface area contributed by atoms with Crippen LogP contribution in [0.3, 0.4) is 0 Å². The Morgan fingerprint density at radius 2 is 1.61 bits per heavy atom. The molecular formula is C29H50N4O5. The maximum atomic E-state index is 13.7. The van der Waals surface area contributed by atoms with Crippen molar-refractivity contribution in [1.29, 1.82) is 0 Å². The summed E-state index contributed by atoms with van der Waals surface area (Å²) in [5.41, 5.74) is 0.495. The fourth-order valence-electron chi connectivity index (χ4n) is 5.67. The molecule has 2 aliphatic heterocycles. The molecule has 2 N–H and O–H groups in total. The second-order valence-electron chi connectivity index (χ2n) is 12.0. The minimum absolute atomic E-state index is 0.0260. The molecule has 38 heavy (non-hydrogen) atoms. The predicted molar refractivity (Wildman–Crippen MR) is 148 cm³/mol. The number of likely N-dealkylation sites (tertiary alicyclic amines) is 2. The fraction of sp³-hybridized carbons (Fsp3) is 0.793. The van der Waals surface area contributed by atoms with Crippen LogP contribution in [0.15, 0.2) is 11.6 Å². The van der Waals surface area contributed by atoms with Crippen LogP contribution in [-0.2, 0) is 19.2 Å². The molecule has 0 aromatic heterocycles. The number of likely N-dealkylation sites (N-methyl/N-ethyl adjacent to an activating group) is 1. The lowest BCUT2D eigenvalue weighted by Gasteiger charge is -2.39. The van der Waals surface area contributed by atoms with Gasteiger partial charge in [-0.2, -0.15) is 0 Å². The summed E-state index contributed by atoms with van der Waals surface area (Å²) in [6, 6.07) is -1.01. The molecule has 4 atom stereocenters. The van der Waals surface area contributed by atoms with Crippen molar-refractivity contribution in [1.82, 2.24) is 20.0 Å². The lowest BCUT2D eigenvalue weighted by atomic mass is 9.95. The van der Waals surface area contributed by atoms with Gasteiger partial charge in [0.15, 0.2) is 0 Å². The van der Waals surface area contributed by atoms with E-state index in [-0.39, 0.29) is 54.2 Å². The molecule has 0 bridgehead atoms. The highest BCUT2D eigenvalue weighted by Gasteiger charge is 2.36. The molecule has 2 rings (SSSR count). The molecule has 0 aromatic rings. The van der Waals surface area contributed by atoms with Gasteiger partial charge in [0.1, 0.15) is 6.04 Å². The van der Waals surface area contributed by atoms with E-state index in [4.69, 9.17) is 0 Å². The summed E-state index contributed by atoms with van der Waals surface area (Å²) in [5.74, 6) is -1.97. The SMILES string of the molecule is CC(=CC(C(C)C)N(C)C(=O)[C@@H](NC(=O)[C@H]1CCCCN1C(C)C)C(C)C)C(=O)N1CCCC(C(=O)O)C1. The number of hydrogen-bond acceptors (Lipinski definition) is 5. The lowest BCUT2D eigenvalue weighted by molar-refractivity contribution is -0.145. The molecule has 9 heteroatoms. The third-order valence-corrected chi connectivity index (χ3v) is 8.03. The van der Waals surface area contributed by atoms with Gasteiger partial charge in [-0.3, -0.25) is 24.1 Å². The van der Waals surface area contributed by atoms with Crippen LogP contribution < -0.4 is 5.32 Å². The first-order valence-electron chi connectivity index (χ1n) is 14.3. The molecule has 3 amide bonds. The van der Waals surface area contributed by atoms with Gasteiger partial charge in [0.25, 0.3) is 0 Å². The smallest absolute Gasteiger partial charge is 0.308 e. The number of nitrogens with one attached hydrogen (secondary N) is 1. The van der Waals surface area contributed by atoms with Crippen molar-refractivity contribution in [2.24, 2.45) is 17.8 Å². The minimum atomic E-state index is -0.874. The van der Waals surface area contributed by atoms with E-state index in [1.165, 1.54) is 0 Å². The Balaban J connectivity index is 2.19. The Labute approximate surface area is 229 Å². The van der Waals surface area contributed by atoms with Gasteiger partial charge in [0, 0.05) is 31.8 Å². The maximum absolute atomic E-state index is 13.7. The molecule has 2 unspecified atom stereocenters. The zero-order chi connectivity index (χ0) is 28.7. The summed E-state index contributed by atoms with van der Waals surface area (Å²) in [4.78, 5) is 57.2. The van der Waals surface area contributed by atoms with Gasteiger partial charge in [-0.25, -0.2) is 0 Å². The maximum Gasteiger partial charge on any atom is 0.308 e. The molecule has 0 spiro atoms. The first-order valence-corrected chi connectivity index (χ1v) is 14.3. The van der Waals surface area contributed by atoms with Gasteiger partial charge >= 0.3 is 5.97 Å². The number of piperidine rings is 2. The Kier molecular flexibility index (Phi) is 11.8. The minimum Gasteiger partial charge on any atom is -0.481 e. The average molecular weight is 535 g/mol. The number of aliphatic carboxylic acids is 1. The molecular weight excluding hydrogens is 484 g/mol. The number of rotatable bonds is 10. The van der Waals surface area contributed by atoms with Gasteiger partial charge in [0.05, 0.1) is 18.0 Å². The van der Waals surface area contributed by atoms with E-state index < -0.39 is 17.9 Å². The number of hydrogen-bond donors (Lipinski definition) is 2. The highest BCUT2D eigenvalue weighted by molar-refractivity contribution is 5.94. The molecule has 0 saturated carbocycles. The Morgan fingerprint density at radius 3 is 2.16 bits per heavy atom. The summed E-state index contributed by atoms with van der Waals surface area (Å²) < 4.78 is 0. The van der Waals surface area contributed by atoms with Crippen LogP contribution in [0.4, 0.5) is 0 Å². The van der Waals surface area contributed by atoms with Gasteiger partial charge in [0.2, 0.25) is 17.7 Å². The van der Waals surface area contributed by atoms with Crippen molar-refractivity contribution < 1.29 is 24.3 Å². The molecule has 216 valence electrons. The van der Waals surface area contributed by atoms with E-state index in [1.807, 2.05) is 33.8 Å². The molecule has 0 aliphatic carbocycles.